The van der Waals surface area contributed by atoms with Gasteiger partial charge in [-0.3, -0.25) is 9.69 Å². The first-order valence-electron chi connectivity index (χ1n) is 10.4. The Balaban J connectivity index is 1.26. The summed E-state index contributed by atoms with van der Waals surface area (Å²) in [6.45, 7) is 4.18. The average Bonchev–Trinajstić information content (AvgIpc) is 3.28. The van der Waals surface area contributed by atoms with Crippen LogP contribution in [0.25, 0.3) is 0 Å². The molecule has 2 N–H and O–H groups in total. The first kappa shape index (κ1) is 20.5. The number of piperidine rings is 1. The predicted octanol–water partition coefficient (Wildman–Crippen LogP) is 4.02. The number of nitrogens with one attached hydrogen (secondary N) is 2. The Morgan fingerprint density at radius 1 is 1.28 bits per heavy atom. The fraction of sp³-hybridized carbons (Fsp3) is 0.684. The zero-order chi connectivity index (χ0) is 20.2. The van der Waals surface area contributed by atoms with E-state index in [0.717, 1.165) is 35.0 Å². The van der Waals surface area contributed by atoms with Crippen molar-refractivity contribution in [2.24, 2.45) is 5.92 Å². The van der Waals surface area contributed by atoms with Crippen molar-refractivity contribution in [2.75, 3.05) is 23.7 Å². The van der Waals surface area contributed by atoms with Gasteiger partial charge in [0.2, 0.25) is 11.0 Å². The van der Waals surface area contributed by atoms with Crippen molar-refractivity contribution in [1.82, 2.24) is 19.8 Å². The number of rotatable bonds is 6. The largest absolute Gasteiger partial charge is 0.360 e. The Kier molecular flexibility index (Phi) is 6.61. The molecule has 29 heavy (non-hydrogen) atoms. The molecular weight excluding hydrogens is 408 g/mol. The fourth-order valence-corrected chi connectivity index (χ4v) is 5.12. The molecule has 0 bridgehead atoms. The first-order chi connectivity index (χ1) is 14.1. The Hall–Kier alpha value is -1.78. The molecular formula is C19H28N6O2S2. The molecule has 158 valence electrons. The van der Waals surface area contributed by atoms with E-state index in [-0.39, 0.29) is 11.8 Å². The van der Waals surface area contributed by atoms with Gasteiger partial charge in [0.25, 0.3) is 0 Å². The number of amides is 1. The van der Waals surface area contributed by atoms with Crippen molar-refractivity contribution in [3.05, 3.63) is 15.8 Å². The zero-order valence-electron chi connectivity index (χ0n) is 16.7. The van der Waals surface area contributed by atoms with Gasteiger partial charge >= 0.3 is 0 Å². The van der Waals surface area contributed by atoms with E-state index in [1.165, 1.54) is 32.1 Å². The number of likely N-dealkylation sites (tertiary alicyclic amines) is 1. The van der Waals surface area contributed by atoms with Crippen molar-refractivity contribution in [3.8, 4) is 0 Å². The fourth-order valence-electron chi connectivity index (χ4n) is 4.06. The van der Waals surface area contributed by atoms with Gasteiger partial charge in [0.05, 0.1) is 6.67 Å². The minimum atomic E-state index is -0.00445. The minimum Gasteiger partial charge on any atom is -0.360 e. The second-order valence-electron chi connectivity index (χ2n) is 8.00. The number of carbonyl (C=O) groups is 1. The standard InChI is InChI=1S/C19H28N6O2S2/c1-13-11-16(23-27-13)21-17(26)14-7-9-24(10-8-14)12-25-19(28)29-18(22-25)20-15-5-3-2-4-6-15/h11,14-15H,2-10,12H2,1H3,(H,20,22)(H,21,23,26). The molecule has 10 heteroatoms. The lowest BCUT2D eigenvalue weighted by Gasteiger charge is -2.30. The number of anilines is 2. The van der Waals surface area contributed by atoms with Crippen LogP contribution < -0.4 is 10.6 Å². The number of nitrogens with zero attached hydrogens (tertiary/aromatic N) is 4. The molecule has 2 aromatic heterocycles. The highest BCUT2D eigenvalue weighted by Crippen LogP contribution is 2.24. The van der Waals surface area contributed by atoms with Gasteiger partial charge in [0.1, 0.15) is 5.76 Å². The van der Waals surface area contributed by atoms with Gasteiger partial charge in [-0.15, -0.1) is 5.10 Å². The van der Waals surface area contributed by atoms with Gasteiger partial charge < -0.3 is 15.2 Å². The SMILES string of the molecule is Cc1cc(NC(=O)C2CCN(Cn3nc(NC4CCCCC4)sc3=S)CC2)no1. The van der Waals surface area contributed by atoms with Gasteiger partial charge in [-0.2, -0.15) is 0 Å². The zero-order valence-corrected chi connectivity index (χ0v) is 18.4. The monoisotopic (exact) mass is 436 g/mol. The van der Waals surface area contributed by atoms with Crippen molar-refractivity contribution >= 4 is 40.4 Å². The van der Waals surface area contributed by atoms with Gasteiger partial charge in [0, 0.05) is 31.1 Å². The highest BCUT2D eigenvalue weighted by Gasteiger charge is 2.26. The van der Waals surface area contributed by atoms with E-state index in [2.05, 4.69) is 20.7 Å². The summed E-state index contributed by atoms with van der Waals surface area (Å²) < 4.78 is 7.70. The highest BCUT2D eigenvalue weighted by atomic mass is 32.1. The van der Waals surface area contributed by atoms with E-state index >= 15 is 0 Å². The van der Waals surface area contributed by atoms with E-state index in [4.69, 9.17) is 21.8 Å². The van der Waals surface area contributed by atoms with E-state index in [9.17, 15) is 4.79 Å². The Morgan fingerprint density at radius 2 is 2.03 bits per heavy atom. The Labute approximate surface area is 179 Å². The van der Waals surface area contributed by atoms with Crippen LogP contribution in [0.3, 0.4) is 0 Å². The van der Waals surface area contributed by atoms with Crippen molar-refractivity contribution in [1.29, 1.82) is 0 Å². The summed E-state index contributed by atoms with van der Waals surface area (Å²) in [5, 5.41) is 15.9. The normalized spacial score (nSPS) is 19.3. The molecule has 3 heterocycles. The number of carbonyl (C=O) groups excluding carboxylic acids is 1. The van der Waals surface area contributed by atoms with Crippen LogP contribution in [0.5, 0.6) is 0 Å². The summed E-state index contributed by atoms with van der Waals surface area (Å²) in [7, 11) is 0. The van der Waals surface area contributed by atoms with Crippen molar-refractivity contribution in [2.45, 2.75) is 64.6 Å². The molecule has 1 aliphatic carbocycles. The van der Waals surface area contributed by atoms with Crippen LogP contribution in [0.15, 0.2) is 10.6 Å². The third-order valence-corrected chi connectivity index (χ3v) is 6.95. The summed E-state index contributed by atoms with van der Waals surface area (Å²) >= 11 is 7.08. The van der Waals surface area contributed by atoms with Crippen LogP contribution in [0, 0.1) is 16.8 Å². The maximum absolute atomic E-state index is 12.4. The second-order valence-corrected chi connectivity index (χ2v) is 9.62. The Bertz CT molecular complexity index is 877. The first-order valence-corrected chi connectivity index (χ1v) is 11.6. The molecule has 1 aliphatic heterocycles. The highest BCUT2D eigenvalue weighted by molar-refractivity contribution is 7.73. The lowest BCUT2D eigenvalue weighted by Crippen LogP contribution is -2.39. The molecule has 0 atom stereocenters. The quantitative estimate of drug-likeness (QED) is 0.661. The molecule has 4 rings (SSSR count). The number of hydrogen-bond donors (Lipinski definition) is 2. The van der Waals surface area contributed by atoms with Crippen molar-refractivity contribution in [3.63, 3.8) is 0 Å². The van der Waals surface area contributed by atoms with Gasteiger partial charge in [0.15, 0.2) is 9.77 Å². The van der Waals surface area contributed by atoms with Crippen molar-refractivity contribution < 1.29 is 9.32 Å². The van der Waals surface area contributed by atoms with Gasteiger partial charge in [-0.25, -0.2) is 4.68 Å². The molecule has 1 amide bonds. The van der Waals surface area contributed by atoms with Gasteiger partial charge in [-0.05, 0) is 44.8 Å². The smallest absolute Gasteiger partial charge is 0.228 e. The summed E-state index contributed by atoms with van der Waals surface area (Å²) in [6, 6.07) is 2.26. The van der Waals surface area contributed by atoms with Crippen LogP contribution in [-0.2, 0) is 11.5 Å². The maximum atomic E-state index is 12.4. The van der Waals surface area contributed by atoms with E-state index in [1.54, 1.807) is 24.3 Å². The lowest BCUT2D eigenvalue weighted by molar-refractivity contribution is -0.121. The molecule has 0 spiro atoms. The lowest BCUT2D eigenvalue weighted by atomic mass is 9.96. The van der Waals surface area contributed by atoms with E-state index in [1.807, 2.05) is 4.68 Å². The summed E-state index contributed by atoms with van der Waals surface area (Å²) in [6.07, 6.45) is 7.99. The summed E-state index contributed by atoms with van der Waals surface area (Å²) in [4.78, 5) is 14.7. The Morgan fingerprint density at radius 3 is 2.72 bits per heavy atom. The number of aromatic nitrogens is 3. The van der Waals surface area contributed by atoms with E-state index in [0.29, 0.717) is 24.3 Å². The average molecular weight is 437 g/mol. The molecule has 0 aromatic carbocycles. The number of hydrogen-bond acceptors (Lipinski definition) is 8. The summed E-state index contributed by atoms with van der Waals surface area (Å²) in [5.41, 5.74) is 0. The summed E-state index contributed by atoms with van der Waals surface area (Å²) in [5.74, 6) is 1.19. The third-order valence-electron chi connectivity index (χ3n) is 5.71. The molecule has 0 unspecified atom stereocenters. The molecule has 2 fully saturated rings. The molecule has 8 nitrogen and oxygen atoms in total. The molecule has 2 aliphatic rings. The maximum Gasteiger partial charge on any atom is 0.228 e. The van der Waals surface area contributed by atoms with Crippen LogP contribution in [0.4, 0.5) is 10.9 Å². The van der Waals surface area contributed by atoms with Crippen LogP contribution in [-0.4, -0.2) is 44.9 Å². The molecule has 2 aromatic rings. The molecule has 1 saturated heterocycles. The topological polar surface area (TPSA) is 88.2 Å². The molecule has 0 radical (unpaired) electrons. The predicted molar refractivity (Wildman–Crippen MR) is 116 cm³/mol. The second kappa shape index (κ2) is 9.36. The van der Waals surface area contributed by atoms with E-state index < -0.39 is 0 Å². The third kappa shape index (κ3) is 5.43. The van der Waals surface area contributed by atoms with Gasteiger partial charge in [-0.1, -0.05) is 35.8 Å². The van der Waals surface area contributed by atoms with Crippen LogP contribution >= 0.6 is 23.6 Å². The molecule has 1 saturated carbocycles. The minimum absolute atomic E-state index is 0.00445. The number of aryl methyl sites for hydroxylation is 1. The van der Waals surface area contributed by atoms with Crippen LogP contribution in [0.2, 0.25) is 0 Å². The van der Waals surface area contributed by atoms with Crippen LogP contribution in [0.1, 0.15) is 50.7 Å².